The van der Waals surface area contributed by atoms with Crippen molar-refractivity contribution < 1.29 is 4.79 Å². The fourth-order valence-corrected chi connectivity index (χ4v) is 3.04. The normalized spacial score (nSPS) is 26.4. The van der Waals surface area contributed by atoms with E-state index in [0.717, 1.165) is 12.8 Å². The number of nitrogens with one attached hydrogen (secondary N) is 1. The van der Waals surface area contributed by atoms with E-state index in [1.165, 1.54) is 19.3 Å². The Balaban J connectivity index is 2.50. The maximum absolute atomic E-state index is 12.1. The lowest BCUT2D eigenvalue weighted by Gasteiger charge is -2.35. The van der Waals surface area contributed by atoms with E-state index in [-0.39, 0.29) is 11.9 Å². The third kappa shape index (κ3) is 4.60. The maximum Gasteiger partial charge on any atom is 0.237 e. The number of amides is 1. The van der Waals surface area contributed by atoms with Crippen LogP contribution in [0.1, 0.15) is 59.8 Å². The number of hydrogen-bond acceptors (Lipinski definition) is 2. The quantitative estimate of drug-likeness (QED) is 0.792. The molecule has 0 bridgehead atoms. The van der Waals surface area contributed by atoms with Crippen molar-refractivity contribution in [1.82, 2.24) is 5.32 Å². The average Bonchev–Trinajstić information content (AvgIpc) is 2.28. The van der Waals surface area contributed by atoms with Gasteiger partial charge in [0.2, 0.25) is 5.91 Å². The third-order valence-electron chi connectivity index (χ3n) is 4.07. The van der Waals surface area contributed by atoms with Gasteiger partial charge in [0.15, 0.2) is 0 Å². The van der Waals surface area contributed by atoms with Crippen LogP contribution in [0.4, 0.5) is 0 Å². The number of hydrogen-bond donors (Lipinski definition) is 2. The predicted molar refractivity (Wildman–Crippen MR) is 76.2 cm³/mol. The Labute approximate surface area is 112 Å². The zero-order chi connectivity index (χ0) is 13.7. The summed E-state index contributed by atoms with van der Waals surface area (Å²) in [6.45, 7) is 8.71. The van der Waals surface area contributed by atoms with Gasteiger partial charge in [-0.2, -0.15) is 0 Å². The second-order valence-electron chi connectivity index (χ2n) is 6.54. The highest BCUT2D eigenvalue weighted by Crippen LogP contribution is 2.30. The Morgan fingerprint density at radius 3 is 2.39 bits per heavy atom. The van der Waals surface area contributed by atoms with Crippen LogP contribution in [0.15, 0.2) is 0 Å². The van der Waals surface area contributed by atoms with Gasteiger partial charge in [0.25, 0.3) is 0 Å². The summed E-state index contributed by atoms with van der Waals surface area (Å²) >= 11 is 0. The summed E-state index contributed by atoms with van der Waals surface area (Å²) < 4.78 is 0. The molecule has 1 rings (SSSR count). The van der Waals surface area contributed by atoms with Crippen LogP contribution in [0.3, 0.4) is 0 Å². The monoisotopic (exact) mass is 254 g/mol. The van der Waals surface area contributed by atoms with Crippen LogP contribution in [0.25, 0.3) is 0 Å². The summed E-state index contributed by atoms with van der Waals surface area (Å²) in [6, 6.07) is -0.01000. The molecule has 1 aliphatic rings. The van der Waals surface area contributed by atoms with Crippen molar-refractivity contribution in [3.63, 3.8) is 0 Å². The molecule has 1 amide bonds. The van der Waals surface area contributed by atoms with E-state index in [2.05, 4.69) is 33.0 Å². The van der Waals surface area contributed by atoms with Gasteiger partial charge in [0, 0.05) is 6.04 Å². The molecule has 0 aromatic heterocycles. The summed E-state index contributed by atoms with van der Waals surface area (Å²) in [5, 5.41) is 3.19. The first-order valence-corrected chi connectivity index (χ1v) is 7.47. The van der Waals surface area contributed by atoms with Crippen molar-refractivity contribution in [2.45, 2.75) is 71.9 Å². The second-order valence-corrected chi connectivity index (χ2v) is 6.54. The van der Waals surface area contributed by atoms with Gasteiger partial charge in [0.1, 0.15) is 0 Å². The van der Waals surface area contributed by atoms with E-state index in [9.17, 15) is 4.79 Å². The fourth-order valence-electron chi connectivity index (χ4n) is 3.04. The maximum atomic E-state index is 12.1. The SMILES string of the molecule is CC(C)CC(N)C(=O)NC1CCCCC1C(C)C. The van der Waals surface area contributed by atoms with Crippen LogP contribution in [0.2, 0.25) is 0 Å². The lowest BCUT2D eigenvalue weighted by molar-refractivity contribution is -0.124. The molecule has 3 unspecified atom stereocenters. The Hall–Kier alpha value is -0.570. The molecule has 3 N–H and O–H groups in total. The highest BCUT2D eigenvalue weighted by molar-refractivity contribution is 5.81. The predicted octanol–water partition coefficient (Wildman–Crippen LogP) is 2.69. The van der Waals surface area contributed by atoms with Crippen molar-refractivity contribution in [1.29, 1.82) is 0 Å². The smallest absolute Gasteiger partial charge is 0.237 e. The van der Waals surface area contributed by atoms with Crippen LogP contribution in [0, 0.1) is 17.8 Å². The van der Waals surface area contributed by atoms with Gasteiger partial charge >= 0.3 is 0 Å². The molecule has 0 heterocycles. The molecule has 3 heteroatoms. The molecule has 0 spiro atoms. The van der Waals surface area contributed by atoms with E-state index in [4.69, 9.17) is 5.73 Å². The molecule has 1 saturated carbocycles. The first-order valence-electron chi connectivity index (χ1n) is 7.47. The van der Waals surface area contributed by atoms with Crippen molar-refractivity contribution >= 4 is 5.91 Å². The topological polar surface area (TPSA) is 55.1 Å². The molecule has 106 valence electrons. The highest BCUT2D eigenvalue weighted by Gasteiger charge is 2.29. The van der Waals surface area contributed by atoms with Gasteiger partial charge in [-0.05, 0) is 37.0 Å². The van der Waals surface area contributed by atoms with Gasteiger partial charge < -0.3 is 11.1 Å². The van der Waals surface area contributed by atoms with Crippen LogP contribution < -0.4 is 11.1 Å². The molecule has 3 atom stereocenters. The Kier molecular flexibility index (Phi) is 6.13. The van der Waals surface area contributed by atoms with Crippen molar-refractivity contribution in [2.24, 2.45) is 23.5 Å². The minimum Gasteiger partial charge on any atom is -0.352 e. The number of carbonyl (C=O) groups excluding carboxylic acids is 1. The highest BCUT2D eigenvalue weighted by atomic mass is 16.2. The summed E-state index contributed by atoms with van der Waals surface area (Å²) in [6.07, 6.45) is 5.65. The van der Waals surface area contributed by atoms with Gasteiger partial charge in [-0.15, -0.1) is 0 Å². The van der Waals surface area contributed by atoms with E-state index in [1.807, 2.05) is 0 Å². The van der Waals surface area contributed by atoms with Crippen LogP contribution >= 0.6 is 0 Å². The second kappa shape index (κ2) is 7.13. The Bertz CT molecular complexity index is 263. The number of rotatable bonds is 5. The molecule has 0 aliphatic heterocycles. The summed E-state index contributed by atoms with van der Waals surface area (Å²) in [5.74, 6) is 1.77. The lowest BCUT2D eigenvalue weighted by Crippen LogP contribution is -2.50. The minimum atomic E-state index is -0.347. The minimum absolute atomic E-state index is 0.0428. The largest absolute Gasteiger partial charge is 0.352 e. The fraction of sp³-hybridized carbons (Fsp3) is 0.933. The molecule has 1 fully saturated rings. The number of nitrogens with two attached hydrogens (primary N) is 1. The zero-order valence-corrected chi connectivity index (χ0v) is 12.4. The molecule has 3 nitrogen and oxygen atoms in total. The van der Waals surface area contributed by atoms with Gasteiger partial charge in [-0.1, -0.05) is 40.5 Å². The summed E-state index contributed by atoms with van der Waals surface area (Å²) in [7, 11) is 0. The molecule has 0 aromatic carbocycles. The number of carbonyl (C=O) groups is 1. The van der Waals surface area contributed by atoms with E-state index >= 15 is 0 Å². The zero-order valence-electron chi connectivity index (χ0n) is 12.4. The standard InChI is InChI=1S/C15H30N2O/c1-10(2)9-13(16)15(18)17-14-8-6-5-7-12(14)11(3)4/h10-14H,5-9,16H2,1-4H3,(H,17,18). The lowest BCUT2D eigenvalue weighted by atomic mass is 9.77. The van der Waals surface area contributed by atoms with Gasteiger partial charge in [-0.3, -0.25) is 4.79 Å². The van der Waals surface area contributed by atoms with E-state index in [1.54, 1.807) is 0 Å². The van der Waals surface area contributed by atoms with Crippen LogP contribution in [0.5, 0.6) is 0 Å². The van der Waals surface area contributed by atoms with E-state index < -0.39 is 0 Å². The molecule has 18 heavy (non-hydrogen) atoms. The average molecular weight is 254 g/mol. The van der Waals surface area contributed by atoms with Crippen LogP contribution in [-0.4, -0.2) is 18.0 Å². The first-order chi connectivity index (χ1) is 8.41. The van der Waals surface area contributed by atoms with Crippen molar-refractivity contribution in [3.8, 4) is 0 Å². The third-order valence-corrected chi connectivity index (χ3v) is 4.07. The summed E-state index contributed by atoms with van der Waals surface area (Å²) in [5.41, 5.74) is 5.94. The molecule has 0 aromatic rings. The van der Waals surface area contributed by atoms with E-state index in [0.29, 0.717) is 23.8 Å². The first kappa shape index (κ1) is 15.5. The summed E-state index contributed by atoms with van der Waals surface area (Å²) in [4.78, 5) is 12.1. The van der Waals surface area contributed by atoms with Gasteiger partial charge in [0.05, 0.1) is 6.04 Å². The van der Waals surface area contributed by atoms with Crippen LogP contribution in [-0.2, 0) is 4.79 Å². The van der Waals surface area contributed by atoms with Crippen molar-refractivity contribution in [2.75, 3.05) is 0 Å². The molecule has 0 saturated heterocycles. The molecular formula is C15H30N2O. The molecular weight excluding hydrogens is 224 g/mol. The Morgan fingerprint density at radius 1 is 1.22 bits per heavy atom. The van der Waals surface area contributed by atoms with Gasteiger partial charge in [-0.25, -0.2) is 0 Å². The molecule has 0 radical (unpaired) electrons. The van der Waals surface area contributed by atoms with Crippen molar-refractivity contribution in [3.05, 3.63) is 0 Å². The molecule has 1 aliphatic carbocycles. The Morgan fingerprint density at radius 2 is 1.83 bits per heavy atom.